The molecule has 29 heavy (non-hydrogen) atoms. The van der Waals surface area contributed by atoms with Crippen LogP contribution in [-0.4, -0.2) is 28.3 Å². The van der Waals surface area contributed by atoms with Gasteiger partial charge in [-0.3, -0.25) is 0 Å². The Bertz CT molecular complexity index is 857. The highest BCUT2D eigenvalue weighted by Gasteiger charge is 2.36. The van der Waals surface area contributed by atoms with Crippen molar-refractivity contribution in [1.29, 1.82) is 0 Å². The second-order valence-electron chi connectivity index (χ2n) is 8.32. The van der Waals surface area contributed by atoms with Gasteiger partial charge in [-0.2, -0.15) is 0 Å². The quantitative estimate of drug-likeness (QED) is 0.717. The van der Waals surface area contributed by atoms with E-state index in [1.807, 2.05) is 55.5 Å². The van der Waals surface area contributed by atoms with E-state index in [9.17, 15) is 14.7 Å². The van der Waals surface area contributed by atoms with Crippen LogP contribution in [0.3, 0.4) is 0 Å². The van der Waals surface area contributed by atoms with E-state index in [-0.39, 0.29) is 6.42 Å². The zero-order chi connectivity index (χ0) is 21.7. The number of hydrogen-bond donors (Lipinski definition) is 2. The lowest BCUT2D eigenvalue weighted by atomic mass is 9.92. The summed E-state index contributed by atoms with van der Waals surface area (Å²) in [7, 11) is 0. The van der Waals surface area contributed by atoms with Gasteiger partial charge in [-0.05, 0) is 57.4 Å². The Morgan fingerprint density at radius 2 is 1.66 bits per heavy atom. The van der Waals surface area contributed by atoms with Crippen molar-refractivity contribution in [3.8, 4) is 5.75 Å². The van der Waals surface area contributed by atoms with E-state index in [0.717, 1.165) is 16.7 Å². The highest BCUT2D eigenvalue weighted by molar-refractivity contribution is 5.84. The maximum Gasteiger partial charge on any atom is 0.408 e. The van der Waals surface area contributed by atoms with E-state index >= 15 is 0 Å². The van der Waals surface area contributed by atoms with Gasteiger partial charge in [0, 0.05) is 6.42 Å². The fourth-order valence-electron chi connectivity index (χ4n) is 2.76. The molecule has 0 aliphatic rings. The lowest BCUT2D eigenvalue weighted by molar-refractivity contribution is -0.144. The molecule has 0 aliphatic carbocycles. The number of carbonyl (C=O) groups excluding carboxylic acids is 1. The van der Waals surface area contributed by atoms with Gasteiger partial charge in [0.25, 0.3) is 0 Å². The predicted octanol–water partition coefficient (Wildman–Crippen LogP) is 4.48. The first-order valence-electron chi connectivity index (χ1n) is 9.49. The Labute approximate surface area is 171 Å². The molecule has 1 atom stereocenters. The summed E-state index contributed by atoms with van der Waals surface area (Å²) in [6.07, 6.45) is -0.682. The highest BCUT2D eigenvalue weighted by Crippen LogP contribution is 2.24. The maximum absolute atomic E-state index is 12.1. The number of rotatable bonds is 7. The van der Waals surface area contributed by atoms with E-state index < -0.39 is 23.2 Å². The van der Waals surface area contributed by atoms with Crippen LogP contribution in [-0.2, 0) is 22.6 Å². The van der Waals surface area contributed by atoms with Crippen molar-refractivity contribution < 1.29 is 24.2 Å². The summed E-state index contributed by atoms with van der Waals surface area (Å²) < 4.78 is 11.1. The SMILES string of the molecule is Cc1ccc(C[C@](C)(NC(=O)OC(C)(C)C)C(=O)O)cc1OCc1ccccc1. The Kier molecular flexibility index (Phi) is 6.90. The van der Waals surface area contributed by atoms with Crippen LogP contribution in [0.25, 0.3) is 0 Å². The molecule has 0 radical (unpaired) electrons. The molecule has 0 saturated heterocycles. The van der Waals surface area contributed by atoms with Crippen molar-refractivity contribution in [2.45, 2.75) is 58.8 Å². The van der Waals surface area contributed by atoms with Gasteiger partial charge in [0.2, 0.25) is 0 Å². The van der Waals surface area contributed by atoms with Gasteiger partial charge in [-0.25, -0.2) is 9.59 Å². The molecule has 0 unspecified atom stereocenters. The average molecular weight is 399 g/mol. The van der Waals surface area contributed by atoms with Crippen molar-refractivity contribution >= 4 is 12.1 Å². The van der Waals surface area contributed by atoms with Gasteiger partial charge in [-0.15, -0.1) is 0 Å². The highest BCUT2D eigenvalue weighted by atomic mass is 16.6. The van der Waals surface area contributed by atoms with Crippen LogP contribution in [0.4, 0.5) is 4.79 Å². The van der Waals surface area contributed by atoms with Crippen LogP contribution in [0.2, 0.25) is 0 Å². The molecule has 2 aromatic rings. The van der Waals surface area contributed by atoms with Crippen molar-refractivity contribution in [2.75, 3.05) is 0 Å². The van der Waals surface area contributed by atoms with Crippen molar-refractivity contribution in [3.05, 3.63) is 65.2 Å². The summed E-state index contributed by atoms with van der Waals surface area (Å²) >= 11 is 0. The first-order valence-corrected chi connectivity index (χ1v) is 9.49. The molecule has 6 nitrogen and oxygen atoms in total. The number of alkyl carbamates (subject to hydrolysis) is 1. The molecule has 0 spiro atoms. The first-order chi connectivity index (χ1) is 13.5. The lowest BCUT2D eigenvalue weighted by Crippen LogP contribution is -2.54. The number of nitrogens with one attached hydrogen (secondary N) is 1. The fourth-order valence-corrected chi connectivity index (χ4v) is 2.76. The number of amides is 1. The summed E-state index contributed by atoms with van der Waals surface area (Å²) in [5, 5.41) is 12.2. The molecule has 0 bridgehead atoms. The molecule has 0 fully saturated rings. The normalized spacial score (nSPS) is 13.3. The number of aryl methyl sites for hydroxylation is 1. The lowest BCUT2D eigenvalue weighted by Gasteiger charge is -2.28. The summed E-state index contributed by atoms with van der Waals surface area (Å²) in [6.45, 7) is 8.98. The van der Waals surface area contributed by atoms with Crippen LogP contribution in [0, 0.1) is 6.92 Å². The number of ether oxygens (including phenoxy) is 2. The number of carboxylic acids is 1. The smallest absolute Gasteiger partial charge is 0.408 e. The summed E-state index contributed by atoms with van der Waals surface area (Å²) in [5.74, 6) is -0.466. The van der Waals surface area contributed by atoms with Gasteiger partial charge < -0.3 is 19.9 Å². The molecule has 1 amide bonds. The Balaban J connectivity index is 2.15. The molecule has 0 heterocycles. The minimum atomic E-state index is -1.52. The van der Waals surface area contributed by atoms with Crippen molar-refractivity contribution in [2.24, 2.45) is 0 Å². The predicted molar refractivity (Wildman–Crippen MR) is 111 cm³/mol. The van der Waals surface area contributed by atoms with Crippen LogP contribution >= 0.6 is 0 Å². The minimum absolute atomic E-state index is 0.0869. The molecule has 0 saturated carbocycles. The summed E-state index contributed by atoms with van der Waals surface area (Å²) in [6, 6.07) is 15.3. The third-order valence-corrected chi connectivity index (χ3v) is 4.30. The molecule has 0 aliphatic heterocycles. The van der Waals surface area contributed by atoms with E-state index in [2.05, 4.69) is 5.32 Å². The van der Waals surface area contributed by atoms with Gasteiger partial charge in [0.05, 0.1) is 0 Å². The van der Waals surface area contributed by atoms with E-state index in [1.54, 1.807) is 20.8 Å². The third kappa shape index (κ3) is 6.82. The molecule has 0 aromatic heterocycles. The molecular weight excluding hydrogens is 370 g/mol. The largest absolute Gasteiger partial charge is 0.489 e. The van der Waals surface area contributed by atoms with E-state index in [1.165, 1.54) is 6.92 Å². The Morgan fingerprint density at radius 1 is 1.00 bits per heavy atom. The van der Waals surface area contributed by atoms with Crippen LogP contribution < -0.4 is 10.1 Å². The number of carboxylic acid groups (broad SMARTS) is 1. The molecule has 2 aromatic carbocycles. The van der Waals surface area contributed by atoms with Crippen LogP contribution in [0.15, 0.2) is 48.5 Å². The fraction of sp³-hybridized carbons (Fsp3) is 0.391. The third-order valence-electron chi connectivity index (χ3n) is 4.30. The van der Waals surface area contributed by atoms with Gasteiger partial charge in [0.15, 0.2) is 0 Å². The molecule has 2 rings (SSSR count). The average Bonchev–Trinajstić information content (AvgIpc) is 2.61. The van der Waals surface area contributed by atoms with Gasteiger partial charge in [-0.1, -0.05) is 42.5 Å². The molecule has 2 N–H and O–H groups in total. The topological polar surface area (TPSA) is 84.9 Å². The summed E-state index contributed by atoms with van der Waals surface area (Å²) in [5.41, 5.74) is 0.487. The van der Waals surface area contributed by atoms with E-state index in [4.69, 9.17) is 9.47 Å². The monoisotopic (exact) mass is 399 g/mol. The van der Waals surface area contributed by atoms with Crippen LogP contribution in [0.1, 0.15) is 44.4 Å². The Hall–Kier alpha value is -3.02. The second-order valence-corrected chi connectivity index (χ2v) is 8.32. The van der Waals surface area contributed by atoms with Crippen LogP contribution in [0.5, 0.6) is 5.75 Å². The number of hydrogen-bond acceptors (Lipinski definition) is 4. The molecule has 6 heteroatoms. The zero-order valence-corrected chi connectivity index (χ0v) is 17.6. The van der Waals surface area contributed by atoms with Gasteiger partial charge in [0.1, 0.15) is 23.5 Å². The second kappa shape index (κ2) is 8.99. The van der Waals surface area contributed by atoms with E-state index in [0.29, 0.717) is 12.4 Å². The first kappa shape index (κ1) is 22.3. The van der Waals surface area contributed by atoms with Crippen molar-refractivity contribution in [1.82, 2.24) is 5.32 Å². The molecular formula is C23H29NO5. The zero-order valence-electron chi connectivity index (χ0n) is 17.6. The minimum Gasteiger partial charge on any atom is -0.489 e. The standard InChI is InChI=1S/C23H29NO5/c1-16-11-12-18(13-19(16)28-15-17-9-7-6-8-10-17)14-23(5,20(25)26)24-21(27)29-22(2,3)4/h6-13H,14-15H2,1-5H3,(H,24,27)(H,25,26)/t23-/m0/s1. The Morgan fingerprint density at radius 3 is 2.24 bits per heavy atom. The molecule has 156 valence electrons. The number of benzene rings is 2. The summed E-state index contributed by atoms with van der Waals surface area (Å²) in [4.78, 5) is 24.0. The number of carbonyl (C=O) groups is 2. The number of aliphatic carboxylic acids is 1. The maximum atomic E-state index is 12.1. The van der Waals surface area contributed by atoms with Gasteiger partial charge >= 0.3 is 12.1 Å². The van der Waals surface area contributed by atoms with Crippen molar-refractivity contribution in [3.63, 3.8) is 0 Å².